The molecule has 0 aliphatic rings. The van der Waals surface area contributed by atoms with Crippen molar-refractivity contribution >= 4 is 23.3 Å². The number of nitro benzene ring substituents is 1. The maximum Gasteiger partial charge on any atom is 0.366 e. The first kappa shape index (κ1) is 16.4. The number of hydrogen-bond donors (Lipinski definition) is 0. The summed E-state index contributed by atoms with van der Waals surface area (Å²) < 4.78 is 14.7. The molecule has 110 valence electrons. The highest BCUT2D eigenvalue weighted by Crippen LogP contribution is 2.29. The first-order valence-corrected chi connectivity index (χ1v) is 5.89. The number of methoxy groups -OCH3 is 3. The molecule has 0 fully saturated rings. The molecule has 7 nitrogen and oxygen atoms in total. The zero-order valence-corrected chi connectivity index (χ0v) is 12.0. The van der Waals surface area contributed by atoms with Gasteiger partial charge < -0.3 is 14.2 Å². The summed E-state index contributed by atoms with van der Waals surface area (Å²) in [6.45, 7) is 0. The predicted octanol–water partition coefficient (Wildman–Crippen LogP) is 1.95. The van der Waals surface area contributed by atoms with Gasteiger partial charge in [0.05, 0.1) is 12.0 Å². The normalized spacial score (nSPS) is 11.2. The summed E-state index contributed by atoms with van der Waals surface area (Å²) >= 11 is 5.73. The van der Waals surface area contributed by atoms with Crippen LogP contribution in [0.1, 0.15) is 5.56 Å². The Morgan fingerprint density at radius 2 is 1.95 bits per heavy atom. The van der Waals surface area contributed by atoms with Crippen LogP contribution in [0.4, 0.5) is 5.69 Å². The van der Waals surface area contributed by atoms with E-state index in [0.717, 1.165) is 0 Å². The summed E-state index contributed by atoms with van der Waals surface area (Å²) in [4.78, 5) is 22.2. The minimum Gasteiger partial charge on any atom is -0.465 e. The molecule has 0 spiro atoms. The molecule has 0 unspecified atom stereocenters. The molecule has 0 saturated carbocycles. The first-order valence-electron chi connectivity index (χ1n) is 5.51. The molecule has 0 heterocycles. The smallest absolute Gasteiger partial charge is 0.366 e. The number of hydrogen-bond acceptors (Lipinski definition) is 6. The monoisotopic (exact) mass is 303 g/mol. The Morgan fingerprint density at radius 3 is 2.40 bits per heavy atom. The van der Waals surface area contributed by atoms with Gasteiger partial charge in [0.25, 0.3) is 11.5 Å². The molecule has 1 rings (SSSR count). The predicted molar refractivity (Wildman–Crippen MR) is 70.6 cm³/mol. The second kappa shape index (κ2) is 6.65. The van der Waals surface area contributed by atoms with Crippen LogP contribution in [0.25, 0.3) is 0 Å². The Kier molecular flexibility index (Phi) is 5.43. The highest BCUT2D eigenvalue weighted by atomic mass is 35.5. The van der Waals surface area contributed by atoms with Gasteiger partial charge in [0.2, 0.25) is 0 Å². The lowest BCUT2D eigenvalue weighted by Gasteiger charge is -2.27. The summed E-state index contributed by atoms with van der Waals surface area (Å²) in [5, 5.41) is 11.2. The molecule has 0 aliphatic heterocycles. The minimum atomic E-state index is -1.74. The maximum atomic E-state index is 11.8. The van der Waals surface area contributed by atoms with Crippen LogP contribution in [0.15, 0.2) is 18.2 Å². The maximum absolute atomic E-state index is 11.8. The molecule has 0 atom stereocenters. The Hall–Kier alpha value is -1.70. The summed E-state index contributed by atoms with van der Waals surface area (Å²) in [5.74, 6) is -2.53. The van der Waals surface area contributed by atoms with Gasteiger partial charge in [-0.2, -0.15) is 0 Å². The van der Waals surface area contributed by atoms with Crippen LogP contribution in [-0.2, 0) is 25.4 Å². The molecule has 0 aromatic heterocycles. The third-order valence-corrected chi connectivity index (χ3v) is 3.06. The lowest BCUT2D eigenvalue weighted by molar-refractivity contribution is -0.386. The van der Waals surface area contributed by atoms with Crippen molar-refractivity contribution in [3.05, 3.63) is 38.9 Å². The first-order chi connectivity index (χ1) is 9.40. The van der Waals surface area contributed by atoms with Crippen molar-refractivity contribution in [2.24, 2.45) is 0 Å². The average molecular weight is 304 g/mol. The van der Waals surface area contributed by atoms with Crippen molar-refractivity contribution in [1.82, 2.24) is 0 Å². The van der Waals surface area contributed by atoms with Crippen molar-refractivity contribution in [3.8, 4) is 0 Å². The van der Waals surface area contributed by atoms with Gasteiger partial charge in [-0.1, -0.05) is 17.7 Å². The second-order valence-electron chi connectivity index (χ2n) is 3.86. The van der Waals surface area contributed by atoms with Gasteiger partial charge in [-0.15, -0.1) is 0 Å². The van der Waals surface area contributed by atoms with E-state index in [1.807, 2.05) is 0 Å². The van der Waals surface area contributed by atoms with E-state index in [2.05, 4.69) is 4.74 Å². The minimum absolute atomic E-state index is 0.180. The van der Waals surface area contributed by atoms with E-state index in [0.29, 0.717) is 0 Å². The molecule has 20 heavy (non-hydrogen) atoms. The lowest BCUT2D eigenvalue weighted by Crippen LogP contribution is -2.45. The number of halogens is 1. The van der Waals surface area contributed by atoms with Crippen LogP contribution < -0.4 is 0 Å². The summed E-state index contributed by atoms with van der Waals surface area (Å²) in [7, 11) is 3.68. The zero-order chi connectivity index (χ0) is 15.3. The van der Waals surface area contributed by atoms with Gasteiger partial charge in [0.15, 0.2) is 0 Å². The fraction of sp³-hybridized carbons (Fsp3) is 0.417. The van der Waals surface area contributed by atoms with E-state index in [9.17, 15) is 14.9 Å². The molecule has 0 bridgehead atoms. The topological polar surface area (TPSA) is 87.9 Å². The van der Waals surface area contributed by atoms with Crippen molar-refractivity contribution in [2.45, 2.75) is 12.2 Å². The summed E-state index contributed by atoms with van der Waals surface area (Å²) in [6, 6.07) is 4.12. The standard InChI is InChI=1S/C12H14ClNO6/c1-18-11(15)12(19-2,20-3)7-8-4-5-9(13)6-10(8)14(16)17/h4-6H,7H2,1-3H3. The molecule has 0 N–H and O–H groups in total. The van der Waals surface area contributed by atoms with Crippen LogP contribution >= 0.6 is 11.6 Å². The highest BCUT2D eigenvalue weighted by Gasteiger charge is 2.42. The Labute approximate surface area is 120 Å². The summed E-state index contributed by atoms with van der Waals surface area (Å²) in [5.41, 5.74) is 0.0216. The number of nitro groups is 1. The van der Waals surface area contributed by atoms with Crippen molar-refractivity contribution in [1.29, 1.82) is 0 Å². The van der Waals surface area contributed by atoms with E-state index in [4.69, 9.17) is 21.1 Å². The number of esters is 1. The number of carbonyl (C=O) groups is 1. The summed E-state index contributed by atoms with van der Waals surface area (Å²) in [6.07, 6.45) is -0.180. The van der Waals surface area contributed by atoms with E-state index in [-0.39, 0.29) is 22.7 Å². The second-order valence-corrected chi connectivity index (χ2v) is 4.30. The van der Waals surface area contributed by atoms with Crippen molar-refractivity contribution < 1.29 is 23.9 Å². The van der Waals surface area contributed by atoms with Crippen LogP contribution in [0, 0.1) is 10.1 Å². The molecular weight excluding hydrogens is 290 g/mol. The van der Waals surface area contributed by atoms with E-state index in [1.54, 1.807) is 0 Å². The number of ether oxygens (including phenoxy) is 3. The highest BCUT2D eigenvalue weighted by molar-refractivity contribution is 6.30. The number of benzene rings is 1. The van der Waals surface area contributed by atoms with Gasteiger partial charge in [0, 0.05) is 37.3 Å². The molecule has 0 radical (unpaired) electrons. The number of carbonyl (C=O) groups excluding carboxylic acids is 1. The fourth-order valence-corrected chi connectivity index (χ4v) is 1.90. The van der Waals surface area contributed by atoms with Gasteiger partial charge >= 0.3 is 5.97 Å². The van der Waals surface area contributed by atoms with Crippen LogP contribution in [-0.4, -0.2) is 38.0 Å². The lowest BCUT2D eigenvalue weighted by atomic mass is 10.0. The van der Waals surface area contributed by atoms with E-state index >= 15 is 0 Å². The number of nitrogens with zero attached hydrogens (tertiary/aromatic N) is 1. The fourth-order valence-electron chi connectivity index (χ4n) is 1.73. The molecular formula is C12H14ClNO6. The van der Waals surface area contributed by atoms with E-state index < -0.39 is 16.7 Å². The molecule has 0 amide bonds. The van der Waals surface area contributed by atoms with Gasteiger partial charge in [-0.25, -0.2) is 4.79 Å². The SMILES string of the molecule is COC(=O)C(Cc1ccc(Cl)cc1[N+](=O)[O-])(OC)OC. The van der Waals surface area contributed by atoms with Crippen LogP contribution in [0.3, 0.4) is 0 Å². The van der Waals surface area contributed by atoms with Gasteiger partial charge in [-0.3, -0.25) is 10.1 Å². The molecule has 0 aliphatic carbocycles. The molecule has 8 heteroatoms. The third-order valence-electron chi connectivity index (χ3n) is 2.82. The zero-order valence-electron chi connectivity index (χ0n) is 11.2. The third kappa shape index (κ3) is 3.24. The number of rotatable bonds is 6. The Morgan fingerprint density at radius 1 is 1.35 bits per heavy atom. The van der Waals surface area contributed by atoms with Crippen LogP contribution in [0.5, 0.6) is 0 Å². The molecule has 1 aromatic carbocycles. The van der Waals surface area contributed by atoms with Crippen molar-refractivity contribution in [2.75, 3.05) is 21.3 Å². The van der Waals surface area contributed by atoms with Crippen LogP contribution in [0.2, 0.25) is 5.02 Å². The van der Waals surface area contributed by atoms with Gasteiger partial charge in [-0.05, 0) is 6.07 Å². The Balaban J connectivity index is 3.24. The largest absolute Gasteiger partial charge is 0.465 e. The average Bonchev–Trinajstić information content (AvgIpc) is 2.45. The van der Waals surface area contributed by atoms with Gasteiger partial charge in [0.1, 0.15) is 0 Å². The molecule has 0 saturated heterocycles. The molecule has 1 aromatic rings. The quantitative estimate of drug-likeness (QED) is 0.345. The Bertz CT molecular complexity index is 515. The van der Waals surface area contributed by atoms with E-state index in [1.165, 1.54) is 39.5 Å². The van der Waals surface area contributed by atoms with Crippen molar-refractivity contribution in [3.63, 3.8) is 0 Å².